The quantitative estimate of drug-likeness (QED) is 0.276. The second-order valence-electron chi connectivity index (χ2n) is 6.38. The summed E-state index contributed by atoms with van der Waals surface area (Å²) in [6.07, 6.45) is -4.47. The van der Waals surface area contributed by atoms with Crippen LogP contribution in [-0.4, -0.2) is 38.9 Å². The topological polar surface area (TPSA) is 54.9 Å². The van der Waals surface area contributed by atoms with Gasteiger partial charge < -0.3 is 20.1 Å². The van der Waals surface area contributed by atoms with Crippen LogP contribution in [0.3, 0.4) is 0 Å². The Morgan fingerprint density at radius 3 is 2.31 bits per heavy atom. The molecule has 0 aliphatic rings. The smallest absolute Gasteiger partial charge is 0.416 e. The first kappa shape index (κ1) is 24.8. The maximum Gasteiger partial charge on any atom is 0.416 e. The Kier molecular flexibility index (Phi) is 10.3. The van der Waals surface area contributed by atoms with Crippen molar-refractivity contribution in [3.05, 3.63) is 29.3 Å². The number of alkyl halides is 3. The lowest BCUT2D eigenvalue weighted by Crippen LogP contribution is -2.38. The number of hydrogen-bond donors (Lipinski definition) is 2. The van der Waals surface area contributed by atoms with E-state index in [1.165, 1.54) is 6.07 Å². The average Bonchev–Trinajstić information content (AvgIpc) is 2.49. The van der Waals surface area contributed by atoms with E-state index >= 15 is 0 Å². The number of nitrogens with zero attached hydrogens (tertiary/aromatic N) is 1. The number of ether oxygens (including phenoxy) is 2. The highest BCUT2D eigenvalue weighted by molar-refractivity contribution is 14.0. The van der Waals surface area contributed by atoms with E-state index in [1.54, 1.807) is 41.0 Å². The summed E-state index contributed by atoms with van der Waals surface area (Å²) in [5, 5.41) is 5.82. The van der Waals surface area contributed by atoms with Crippen molar-refractivity contribution in [2.75, 3.05) is 27.3 Å². The third kappa shape index (κ3) is 8.93. The number of guanidine groups is 1. The number of methoxy groups -OCH3 is 1. The molecule has 1 rings (SSSR count). The van der Waals surface area contributed by atoms with E-state index in [4.69, 9.17) is 9.47 Å². The minimum Gasteiger partial charge on any atom is -0.488 e. The van der Waals surface area contributed by atoms with Gasteiger partial charge in [0, 0.05) is 27.2 Å². The molecule has 0 aliphatic carbocycles. The highest BCUT2D eigenvalue weighted by atomic mass is 127. The summed E-state index contributed by atoms with van der Waals surface area (Å²) in [4.78, 5) is 3.97. The summed E-state index contributed by atoms with van der Waals surface area (Å²) in [6, 6.07) is 3.99. The molecule has 0 aliphatic heterocycles. The molecule has 0 spiro atoms. The van der Waals surface area contributed by atoms with Gasteiger partial charge in [0.1, 0.15) is 11.4 Å². The minimum atomic E-state index is -4.47. The highest BCUT2D eigenvalue weighted by Gasteiger charge is 2.34. The van der Waals surface area contributed by atoms with Crippen molar-refractivity contribution in [1.82, 2.24) is 10.6 Å². The van der Waals surface area contributed by atoms with E-state index < -0.39 is 17.3 Å². The molecule has 0 saturated heterocycles. The molecule has 1 aromatic carbocycles. The van der Waals surface area contributed by atoms with E-state index in [0.717, 1.165) is 6.07 Å². The molecule has 0 saturated carbocycles. The van der Waals surface area contributed by atoms with Crippen LogP contribution in [0.2, 0.25) is 0 Å². The zero-order valence-electron chi connectivity index (χ0n) is 15.7. The fourth-order valence-electron chi connectivity index (χ4n) is 2.06. The molecular weight excluding hydrogens is 462 g/mol. The van der Waals surface area contributed by atoms with Crippen molar-refractivity contribution in [3.63, 3.8) is 0 Å². The van der Waals surface area contributed by atoms with Crippen molar-refractivity contribution >= 4 is 29.9 Å². The van der Waals surface area contributed by atoms with Gasteiger partial charge in [-0.2, -0.15) is 13.2 Å². The molecule has 0 aromatic heterocycles. The summed E-state index contributed by atoms with van der Waals surface area (Å²) in [6.45, 7) is 6.30. The molecule has 0 unspecified atom stereocenters. The van der Waals surface area contributed by atoms with Gasteiger partial charge in [-0.1, -0.05) is 6.07 Å². The van der Waals surface area contributed by atoms with E-state index in [-0.39, 0.29) is 41.8 Å². The maximum atomic E-state index is 13.4. The molecule has 5 nitrogen and oxygen atoms in total. The second-order valence-corrected chi connectivity index (χ2v) is 6.38. The summed E-state index contributed by atoms with van der Waals surface area (Å²) >= 11 is 0. The Labute approximate surface area is 169 Å². The van der Waals surface area contributed by atoms with Crippen molar-refractivity contribution in [3.8, 4) is 5.75 Å². The zero-order valence-corrected chi connectivity index (χ0v) is 18.0. The van der Waals surface area contributed by atoms with E-state index in [1.807, 2.05) is 0 Å². The van der Waals surface area contributed by atoms with Gasteiger partial charge in [0.25, 0.3) is 0 Å². The number of hydrogen-bond acceptors (Lipinski definition) is 3. The molecular formula is C17H27F3IN3O2. The Bertz CT molecular complexity index is 588. The number of aliphatic imine (C=N–C) groups is 1. The molecule has 0 atom stereocenters. The average molecular weight is 489 g/mol. The molecule has 0 heterocycles. The summed E-state index contributed by atoms with van der Waals surface area (Å²) in [7, 11) is 3.11. The van der Waals surface area contributed by atoms with Crippen molar-refractivity contribution < 1.29 is 22.6 Å². The standard InChI is InChI=1S/C17H26F3N3O2.HI/c1-16(2,3)25-13-7-6-12(14(10-13)17(18,19)20)11-23-15(21-4)22-8-9-24-5;/h6-7,10H,8-9,11H2,1-5H3,(H2,21,22,23);1H. The van der Waals surface area contributed by atoms with Gasteiger partial charge >= 0.3 is 6.18 Å². The lowest BCUT2D eigenvalue weighted by atomic mass is 10.1. The second kappa shape index (κ2) is 10.8. The Morgan fingerprint density at radius 2 is 1.81 bits per heavy atom. The van der Waals surface area contributed by atoms with Crippen LogP contribution in [-0.2, 0) is 17.5 Å². The largest absolute Gasteiger partial charge is 0.488 e. The molecule has 0 fully saturated rings. The van der Waals surface area contributed by atoms with Crippen LogP contribution >= 0.6 is 24.0 Å². The van der Waals surface area contributed by atoms with Crippen molar-refractivity contribution in [1.29, 1.82) is 0 Å². The van der Waals surface area contributed by atoms with Crippen molar-refractivity contribution in [2.45, 2.75) is 39.1 Å². The van der Waals surface area contributed by atoms with Crippen LogP contribution in [0.5, 0.6) is 5.75 Å². The predicted octanol–water partition coefficient (Wildman–Crippen LogP) is 3.81. The lowest BCUT2D eigenvalue weighted by Gasteiger charge is -2.23. The highest BCUT2D eigenvalue weighted by Crippen LogP contribution is 2.35. The van der Waals surface area contributed by atoms with E-state index in [0.29, 0.717) is 19.1 Å². The normalized spacial score (nSPS) is 12.4. The van der Waals surface area contributed by atoms with Crippen LogP contribution in [0.4, 0.5) is 13.2 Å². The molecule has 150 valence electrons. The van der Waals surface area contributed by atoms with Crippen LogP contribution in [0, 0.1) is 0 Å². The van der Waals surface area contributed by atoms with Gasteiger partial charge in [-0.05, 0) is 38.5 Å². The Morgan fingerprint density at radius 1 is 1.15 bits per heavy atom. The first-order valence-corrected chi connectivity index (χ1v) is 7.89. The summed E-state index contributed by atoms with van der Waals surface area (Å²) in [5.74, 6) is 0.589. The SMILES string of the molecule is CN=C(NCCOC)NCc1ccc(OC(C)(C)C)cc1C(F)(F)F.I. The first-order chi connectivity index (χ1) is 11.6. The predicted molar refractivity (Wildman–Crippen MR) is 107 cm³/mol. The van der Waals surface area contributed by atoms with E-state index in [2.05, 4.69) is 15.6 Å². The Balaban J connectivity index is 0.00000625. The maximum absolute atomic E-state index is 13.4. The van der Waals surface area contributed by atoms with Crippen LogP contribution in [0.25, 0.3) is 0 Å². The molecule has 2 N–H and O–H groups in total. The van der Waals surface area contributed by atoms with Gasteiger partial charge in [-0.25, -0.2) is 0 Å². The summed E-state index contributed by atoms with van der Waals surface area (Å²) < 4.78 is 50.6. The zero-order chi connectivity index (χ0) is 19.1. The van der Waals surface area contributed by atoms with Crippen LogP contribution < -0.4 is 15.4 Å². The number of rotatable bonds is 6. The summed E-state index contributed by atoms with van der Waals surface area (Å²) in [5.41, 5.74) is -1.19. The fraction of sp³-hybridized carbons (Fsp3) is 0.588. The first-order valence-electron chi connectivity index (χ1n) is 7.89. The van der Waals surface area contributed by atoms with E-state index in [9.17, 15) is 13.2 Å². The lowest BCUT2D eigenvalue weighted by molar-refractivity contribution is -0.138. The number of benzene rings is 1. The Hall–Kier alpha value is -1.23. The van der Waals surface area contributed by atoms with Crippen molar-refractivity contribution in [2.24, 2.45) is 4.99 Å². The minimum absolute atomic E-state index is 0. The van der Waals surface area contributed by atoms with Gasteiger partial charge in [-0.3, -0.25) is 4.99 Å². The number of halogens is 4. The molecule has 26 heavy (non-hydrogen) atoms. The fourth-order valence-corrected chi connectivity index (χ4v) is 2.06. The van der Waals surface area contributed by atoms with Gasteiger partial charge in [-0.15, -0.1) is 24.0 Å². The van der Waals surface area contributed by atoms with Gasteiger partial charge in [0.2, 0.25) is 0 Å². The third-order valence-corrected chi connectivity index (χ3v) is 3.08. The monoisotopic (exact) mass is 489 g/mol. The molecule has 0 amide bonds. The molecule has 9 heteroatoms. The molecule has 0 bridgehead atoms. The van der Waals surface area contributed by atoms with Gasteiger partial charge in [0.05, 0.1) is 12.2 Å². The van der Waals surface area contributed by atoms with Gasteiger partial charge in [0.15, 0.2) is 5.96 Å². The van der Waals surface area contributed by atoms with Crippen LogP contribution in [0.1, 0.15) is 31.9 Å². The van der Waals surface area contributed by atoms with Crippen LogP contribution in [0.15, 0.2) is 23.2 Å². The molecule has 1 aromatic rings. The molecule has 0 radical (unpaired) electrons. The number of nitrogens with one attached hydrogen (secondary N) is 2. The third-order valence-electron chi connectivity index (χ3n) is 3.08.